The van der Waals surface area contributed by atoms with Crippen molar-refractivity contribution in [2.24, 2.45) is 0 Å². The van der Waals surface area contributed by atoms with E-state index < -0.39 is 11.6 Å². The van der Waals surface area contributed by atoms with Gasteiger partial charge in [-0.15, -0.1) is 0 Å². The molecule has 0 bridgehead atoms. The lowest BCUT2D eigenvalue weighted by molar-refractivity contribution is 0.103. The van der Waals surface area contributed by atoms with Crippen LogP contribution in [0.15, 0.2) is 45.7 Å². The molecular weight excluding hydrogens is 327 g/mol. The molecule has 1 heterocycles. The Morgan fingerprint density at radius 3 is 2.40 bits per heavy atom. The molecule has 0 atom stereocenters. The molecule has 0 radical (unpaired) electrons. The van der Waals surface area contributed by atoms with Crippen LogP contribution in [-0.2, 0) is 0 Å². The van der Waals surface area contributed by atoms with Crippen molar-refractivity contribution < 1.29 is 9.18 Å². The van der Waals surface area contributed by atoms with E-state index in [1.807, 2.05) is 0 Å². The van der Waals surface area contributed by atoms with E-state index in [1.165, 1.54) is 24.3 Å². The van der Waals surface area contributed by atoms with E-state index >= 15 is 0 Å². The summed E-state index contributed by atoms with van der Waals surface area (Å²) in [6, 6.07) is 8.91. The van der Waals surface area contributed by atoms with Gasteiger partial charge in [-0.1, -0.05) is 12.1 Å². The first kappa shape index (κ1) is 12.8. The highest BCUT2D eigenvalue weighted by atomic mass is 79.9. The summed E-state index contributed by atoms with van der Waals surface area (Å²) in [6.07, 6.45) is 0. The lowest BCUT2D eigenvalue weighted by atomic mass is 10.0. The van der Waals surface area contributed by atoms with Crippen molar-refractivity contribution in [3.05, 3.63) is 68.3 Å². The topological polar surface area (TPSA) is 65.7 Å². The van der Waals surface area contributed by atoms with Crippen molar-refractivity contribution in [2.75, 3.05) is 0 Å². The average Bonchev–Trinajstić information content (AvgIpc) is 2.76. The molecule has 0 saturated carbocycles. The normalized spacial score (nSPS) is 10.9. The highest BCUT2D eigenvalue weighted by molar-refractivity contribution is 9.10. The van der Waals surface area contributed by atoms with Crippen LogP contribution in [0.2, 0.25) is 0 Å². The van der Waals surface area contributed by atoms with E-state index in [0.29, 0.717) is 15.5 Å². The smallest absolute Gasteiger partial charge is 0.306 e. The molecule has 0 unspecified atom stereocenters. The molecule has 0 fully saturated rings. The first-order chi connectivity index (χ1) is 9.56. The Kier molecular flexibility index (Phi) is 3.02. The highest BCUT2D eigenvalue weighted by Crippen LogP contribution is 2.25. The number of aromatic nitrogens is 2. The van der Waals surface area contributed by atoms with Crippen LogP contribution in [0.3, 0.4) is 0 Å². The predicted octanol–water partition coefficient (Wildman–Crippen LogP) is 2.99. The van der Waals surface area contributed by atoms with Gasteiger partial charge in [0.15, 0.2) is 5.78 Å². The van der Waals surface area contributed by atoms with E-state index in [-0.39, 0.29) is 16.8 Å². The summed E-state index contributed by atoms with van der Waals surface area (Å²) >= 11 is 3.27. The molecule has 1 aromatic heterocycles. The Morgan fingerprint density at radius 1 is 1.05 bits per heavy atom. The number of aromatic amines is 2. The number of benzene rings is 2. The van der Waals surface area contributed by atoms with Crippen molar-refractivity contribution in [2.45, 2.75) is 0 Å². The number of hydrogen-bond donors (Lipinski definition) is 2. The second-order valence-corrected chi connectivity index (χ2v) is 5.12. The third kappa shape index (κ3) is 2.08. The molecule has 3 aromatic rings. The summed E-state index contributed by atoms with van der Waals surface area (Å²) in [7, 11) is 0. The first-order valence-electron chi connectivity index (χ1n) is 5.77. The first-order valence-corrected chi connectivity index (χ1v) is 6.56. The minimum Gasteiger partial charge on any atom is -0.306 e. The number of nitrogens with one attached hydrogen (secondary N) is 2. The molecule has 0 amide bonds. The van der Waals surface area contributed by atoms with E-state index in [1.54, 1.807) is 12.1 Å². The molecule has 2 aromatic carbocycles. The fourth-order valence-corrected chi connectivity index (χ4v) is 2.54. The fraction of sp³-hybridized carbons (Fsp3) is 0. The van der Waals surface area contributed by atoms with Gasteiger partial charge in [-0.05, 0) is 40.2 Å². The molecule has 4 nitrogen and oxygen atoms in total. The van der Waals surface area contributed by atoms with Gasteiger partial charge in [0.1, 0.15) is 5.82 Å². The molecule has 3 rings (SSSR count). The maximum atomic E-state index is 13.7. The van der Waals surface area contributed by atoms with Crippen LogP contribution in [-0.4, -0.2) is 15.8 Å². The second kappa shape index (κ2) is 4.72. The molecule has 20 heavy (non-hydrogen) atoms. The van der Waals surface area contributed by atoms with Gasteiger partial charge in [-0.2, -0.15) is 0 Å². The van der Waals surface area contributed by atoms with Gasteiger partial charge in [-0.3, -0.25) is 4.79 Å². The minimum atomic E-state index is -0.577. The van der Waals surface area contributed by atoms with E-state index in [4.69, 9.17) is 0 Å². The lowest BCUT2D eigenvalue weighted by Crippen LogP contribution is -2.05. The molecule has 0 aliphatic heterocycles. The number of H-pyrrole nitrogens is 2. The summed E-state index contributed by atoms with van der Waals surface area (Å²) in [5.41, 5.74) is 0.996. The summed E-state index contributed by atoms with van der Waals surface area (Å²) in [5.74, 6) is -1.02. The van der Waals surface area contributed by atoms with Gasteiger partial charge < -0.3 is 9.97 Å². The molecule has 6 heteroatoms. The van der Waals surface area contributed by atoms with Gasteiger partial charge in [0.05, 0.1) is 16.6 Å². The monoisotopic (exact) mass is 334 g/mol. The van der Waals surface area contributed by atoms with Crippen LogP contribution in [0.1, 0.15) is 15.9 Å². The number of imidazole rings is 1. The van der Waals surface area contributed by atoms with Gasteiger partial charge in [0.2, 0.25) is 0 Å². The number of carbonyl (C=O) groups is 1. The van der Waals surface area contributed by atoms with Crippen LogP contribution >= 0.6 is 15.9 Å². The predicted molar refractivity (Wildman–Crippen MR) is 76.5 cm³/mol. The Labute approximate surface area is 120 Å². The Balaban J connectivity index is 2.19. The molecule has 0 aliphatic carbocycles. The van der Waals surface area contributed by atoms with Crippen molar-refractivity contribution in [3.8, 4) is 0 Å². The summed E-state index contributed by atoms with van der Waals surface area (Å²) < 4.78 is 14.2. The number of rotatable bonds is 2. The van der Waals surface area contributed by atoms with Gasteiger partial charge >= 0.3 is 5.69 Å². The van der Waals surface area contributed by atoms with E-state index in [2.05, 4.69) is 25.9 Å². The third-order valence-corrected chi connectivity index (χ3v) is 3.62. The lowest BCUT2D eigenvalue weighted by Gasteiger charge is -2.05. The number of carbonyl (C=O) groups excluding carboxylic acids is 1. The van der Waals surface area contributed by atoms with Crippen molar-refractivity contribution >= 4 is 32.7 Å². The quantitative estimate of drug-likeness (QED) is 0.707. The zero-order valence-electron chi connectivity index (χ0n) is 10.0. The largest absolute Gasteiger partial charge is 0.323 e. The number of fused-ring (bicyclic) bond motifs is 1. The fourth-order valence-electron chi connectivity index (χ4n) is 2.02. The SMILES string of the molecule is O=C(c1ccccc1F)c1cc2[nH]c(=O)[nH]c2cc1Br. The third-order valence-electron chi connectivity index (χ3n) is 2.97. The maximum absolute atomic E-state index is 13.7. The number of hydrogen-bond acceptors (Lipinski definition) is 2. The molecular formula is C14H8BrFN2O2. The van der Waals surface area contributed by atoms with Crippen LogP contribution in [0.5, 0.6) is 0 Å². The van der Waals surface area contributed by atoms with Crippen molar-refractivity contribution in [1.29, 1.82) is 0 Å². The number of halogens is 2. The standard InChI is InChI=1S/C14H8BrFN2O2/c15-9-6-12-11(17-14(20)18-12)5-8(9)13(19)7-3-1-2-4-10(7)16/h1-6H,(H2,17,18,20). The summed E-state index contributed by atoms with van der Waals surface area (Å²) in [6.45, 7) is 0. The van der Waals surface area contributed by atoms with E-state index in [0.717, 1.165) is 0 Å². The Bertz CT molecular complexity index is 882. The van der Waals surface area contributed by atoms with Crippen molar-refractivity contribution in [1.82, 2.24) is 9.97 Å². The molecule has 0 saturated heterocycles. The van der Waals surface area contributed by atoms with Gasteiger partial charge in [0, 0.05) is 10.0 Å². The van der Waals surface area contributed by atoms with Gasteiger partial charge in [-0.25, -0.2) is 9.18 Å². The molecule has 100 valence electrons. The maximum Gasteiger partial charge on any atom is 0.323 e. The number of ketones is 1. The molecule has 2 N–H and O–H groups in total. The van der Waals surface area contributed by atoms with Crippen LogP contribution < -0.4 is 5.69 Å². The molecule has 0 spiro atoms. The van der Waals surface area contributed by atoms with Crippen molar-refractivity contribution in [3.63, 3.8) is 0 Å². The van der Waals surface area contributed by atoms with Crippen LogP contribution in [0.25, 0.3) is 11.0 Å². The average molecular weight is 335 g/mol. The Morgan fingerprint density at radius 2 is 1.70 bits per heavy atom. The summed E-state index contributed by atoms with van der Waals surface area (Å²) in [5, 5.41) is 0. The van der Waals surface area contributed by atoms with Crippen LogP contribution in [0.4, 0.5) is 4.39 Å². The zero-order valence-corrected chi connectivity index (χ0v) is 11.6. The molecule has 0 aliphatic rings. The van der Waals surface area contributed by atoms with E-state index in [9.17, 15) is 14.0 Å². The minimum absolute atomic E-state index is 0.00886. The Hall–Kier alpha value is -2.21. The second-order valence-electron chi connectivity index (χ2n) is 4.27. The van der Waals surface area contributed by atoms with Crippen LogP contribution in [0, 0.1) is 5.82 Å². The highest BCUT2D eigenvalue weighted by Gasteiger charge is 2.17. The summed E-state index contributed by atoms with van der Waals surface area (Å²) in [4.78, 5) is 28.8. The zero-order chi connectivity index (χ0) is 14.3. The van der Waals surface area contributed by atoms with Gasteiger partial charge in [0.25, 0.3) is 0 Å².